The highest BCUT2D eigenvalue weighted by Crippen LogP contribution is 2.28. The number of amides is 1. The number of hydrogen-bond donors (Lipinski definition) is 1. The second-order valence-corrected chi connectivity index (χ2v) is 9.72. The minimum absolute atomic E-state index is 0.0357. The third-order valence-corrected chi connectivity index (χ3v) is 7.26. The summed E-state index contributed by atoms with van der Waals surface area (Å²) in [5.74, 6) is 0.822. The molecule has 168 valence electrons. The molecule has 0 spiro atoms. The summed E-state index contributed by atoms with van der Waals surface area (Å²) in [6.07, 6.45) is 8.30. The molecule has 33 heavy (non-hydrogen) atoms. The third kappa shape index (κ3) is 5.11. The van der Waals surface area contributed by atoms with Crippen LogP contribution >= 0.6 is 11.8 Å². The van der Waals surface area contributed by atoms with Crippen LogP contribution in [0.2, 0.25) is 0 Å². The van der Waals surface area contributed by atoms with Crippen LogP contribution in [0.15, 0.2) is 72.1 Å². The summed E-state index contributed by atoms with van der Waals surface area (Å²) < 4.78 is 2.24. The number of rotatable bonds is 7. The van der Waals surface area contributed by atoms with Crippen molar-refractivity contribution in [2.24, 2.45) is 0 Å². The van der Waals surface area contributed by atoms with Gasteiger partial charge in [0.25, 0.3) is 5.91 Å². The predicted molar refractivity (Wildman–Crippen MR) is 134 cm³/mol. The highest BCUT2D eigenvalue weighted by Gasteiger charge is 2.18. The lowest BCUT2D eigenvalue weighted by atomic mass is 10.1. The van der Waals surface area contributed by atoms with E-state index in [1.54, 1.807) is 18.0 Å². The lowest BCUT2D eigenvalue weighted by Gasteiger charge is -2.12. The number of carbonyl (C=O) groups is 1. The summed E-state index contributed by atoms with van der Waals surface area (Å²) in [6, 6.07) is 18.8. The van der Waals surface area contributed by atoms with Crippen molar-refractivity contribution in [3.63, 3.8) is 0 Å². The van der Waals surface area contributed by atoms with E-state index in [4.69, 9.17) is 4.98 Å². The molecule has 0 unspecified atom stereocenters. The Morgan fingerprint density at radius 2 is 1.91 bits per heavy atom. The zero-order valence-corrected chi connectivity index (χ0v) is 19.6. The number of hydrogen-bond acceptors (Lipinski definition) is 4. The molecule has 6 heteroatoms. The number of imidazole rings is 1. The van der Waals surface area contributed by atoms with Gasteiger partial charge in [-0.05, 0) is 49.1 Å². The first-order chi connectivity index (χ1) is 16.2. The minimum Gasteiger partial charge on any atom is -0.349 e. The lowest BCUT2D eigenvalue weighted by molar-refractivity contribution is 0.0938. The summed E-state index contributed by atoms with van der Waals surface area (Å²) in [7, 11) is 0. The van der Waals surface area contributed by atoms with Gasteiger partial charge >= 0.3 is 0 Å². The van der Waals surface area contributed by atoms with E-state index in [-0.39, 0.29) is 5.91 Å². The van der Waals surface area contributed by atoms with E-state index in [1.165, 1.54) is 29.5 Å². The highest BCUT2D eigenvalue weighted by molar-refractivity contribution is 7.98. The van der Waals surface area contributed by atoms with Gasteiger partial charge in [0.15, 0.2) is 5.16 Å². The van der Waals surface area contributed by atoms with E-state index >= 15 is 0 Å². The Kier molecular flexibility index (Phi) is 6.44. The molecule has 5 rings (SSSR count). The molecule has 1 aliphatic rings. The van der Waals surface area contributed by atoms with Gasteiger partial charge in [0.05, 0.1) is 23.8 Å². The molecule has 1 N–H and O–H groups in total. The van der Waals surface area contributed by atoms with Crippen LogP contribution in [0.5, 0.6) is 0 Å². The van der Waals surface area contributed by atoms with Crippen LogP contribution in [0.25, 0.3) is 11.0 Å². The molecule has 2 aromatic carbocycles. The maximum absolute atomic E-state index is 12.5. The standard InChI is InChI=1S/C27H28N4OS/c1-19-5-4-6-21(15-19)17-31-25-16-28-14-13-24(25)30-27(31)33-18-20-9-11-22(12-10-20)26(32)29-23-7-2-3-8-23/h4-6,9-16,23H,2-3,7-8,17-18H2,1H3,(H,29,32). The van der Waals surface area contributed by atoms with E-state index < -0.39 is 0 Å². The topological polar surface area (TPSA) is 59.8 Å². The van der Waals surface area contributed by atoms with Crippen LogP contribution < -0.4 is 5.32 Å². The molecule has 0 atom stereocenters. The van der Waals surface area contributed by atoms with Crippen LogP contribution in [0.3, 0.4) is 0 Å². The van der Waals surface area contributed by atoms with Gasteiger partial charge in [-0.15, -0.1) is 0 Å². The van der Waals surface area contributed by atoms with Gasteiger partial charge in [-0.3, -0.25) is 9.78 Å². The van der Waals surface area contributed by atoms with Crippen molar-refractivity contribution in [3.8, 4) is 0 Å². The third-order valence-electron chi connectivity index (χ3n) is 6.21. The molecule has 1 amide bonds. The van der Waals surface area contributed by atoms with Gasteiger partial charge in [0.2, 0.25) is 0 Å². The molecule has 1 fully saturated rings. The van der Waals surface area contributed by atoms with Crippen LogP contribution in [0.4, 0.5) is 0 Å². The zero-order chi connectivity index (χ0) is 22.6. The Balaban J connectivity index is 1.30. The van der Waals surface area contributed by atoms with Crippen molar-refractivity contribution >= 4 is 28.7 Å². The molecule has 1 aliphatic carbocycles. The number of thioether (sulfide) groups is 1. The monoisotopic (exact) mass is 456 g/mol. The largest absolute Gasteiger partial charge is 0.349 e. The van der Waals surface area contributed by atoms with Crippen molar-refractivity contribution < 1.29 is 4.79 Å². The van der Waals surface area contributed by atoms with Crippen molar-refractivity contribution in [2.75, 3.05) is 0 Å². The van der Waals surface area contributed by atoms with Gasteiger partial charge in [0.1, 0.15) is 0 Å². The van der Waals surface area contributed by atoms with Crippen molar-refractivity contribution in [1.82, 2.24) is 19.9 Å². The number of benzene rings is 2. The molecule has 2 aromatic heterocycles. The van der Waals surface area contributed by atoms with E-state index in [0.29, 0.717) is 6.04 Å². The van der Waals surface area contributed by atoms with Gasteiger partial charge in [-0.2, -0.15) is 0 Å². The number of nitrogens with zero attached hydrogens (tertiary/aromatic N) is 3. The van der Waals surface area contributed by atoms with Gasteiger partial charge in [-0.25, -0.2) is 4.98 Å². The predicted octanol–water partition coefficient (Wildman–Crippen LogP) is 5.75. The minimum atomic E-state index is 0.0357. The quantitative estimate of drug-likeness (QED) is 0.360. The summed E-state index contributed by atoms with van der Waals surface area (Å²) in [4.78, 5) is 21.7. The lowest BCUT2D eigenvalue weighted by Crippen LogP contribution is -2.32. The van der Waals surface area contributed by atoms with Gasteiger partial charge < -0.3 is 9.88 Å². The molecular formula is C27H28N4OS. The van der Waals surface area contributed by atoms with E-state index in [9.17, 15) is 4.79 Å². The number of carbonyl (C=O) groups excluding carboxylic acids is 1. The second kappa shape index (κ2) is 9.79. The summed E-state index contributed by atoms with van der Waals surface area (Å²) in [5, 5.41) is 4.13. The van der Waals surface area contributed by atoms with Crippen LogP contribution in [0.1, 0.15) is 52.7 Å². The molecule has 5 nitrogen and oxygen atoms in total. The fourth-order valence-electron chi connectivity index (χ4n) is 4.44. The molecular weight excluding hydrogens is 428 g/mol. The molecule has 0 saturated heterocycles. The van der Waals surface area contributed by atoms with Crippen molar-refractivity contribution in [1.29, 1.82) is 0 Å². The molecule has 4 aromatic rings. The SMILES string of the molecule is Cc1cccc(Cn2c(SCc3ccc(C(=O)NC4CCCC4)cc3)nc3ccncc32)c1. The van der Waals surface area contributed by atoms with Gasteiger partial charge in [0, 0.05) is 23.6 Å². The number of aromatic nitrogens is 3. The van der Waals surface area contributed by atoms with E-state index in [1.807, 2.05) is 36.5 Å². The Morgan fingerprint density at radius 1 is 1.09 bits per heavy atom. The van der Waals surface area contributed by atoms with Crippen LogP contribution in [0, 0.1) is 6.92 Å². The molecule has 0 aliphatic heterocycles. The number of nitrogens with one attached hydrogen (secondary N) is 1. The maximum Gasteiger partial charge on any atom is 0.251 e. The molecule has 0 radical (unpaired) electrons. The number of pyridine rings is 1. The van der Waals surface area contributed by atoms with Crippen molar-refractivity contribution in [3.05, 3.63) is 89.2 Å². The normalized spacial score (nSPS) is 14.1. The number of aryl methyl sites for hydroxylation is 1. The summed E-state index contributed by atoms with van der Waals surface area (Å²) in [6.45, 7) is 2.87. The first kappa shape index (κ1) is 21.7. The fourth-order valence-corrected chi connectivity index (χ4v) is 5.41. The average Bonchev–Trinajstić information content (AvgIpc) is 3.46. The van der Waals surface area contributed by atoms with Crippen molar-refractivity contribution in [2.45, 2.75) is 56.1 Å². The highest BCUT2D eigenvalue weighted by atomic mass is 32.2. The average molecular weight is 457 g/mol. The Morgan fingerprint density at radius 3 is 2.70 bits per heavy atom. The zero-order valence-electron chi connectivity index (χ0n) is 18.8. The first-order valence-electron chi connectivity index (χ1n) is 11.5. The van der Waals surface area contributed by atoms with Gasteiger partial charge in [-0.1, -0.05) is 66.6 Å². The van der Waals surface area contributed by atoms with Crippen LogP contribution in [-0.4, -0.2) is 26.5 Å². The molecule has 0 bridgehead atoms. The van der Waals surface area contributed by atoms with Crippen LogP contribution in [-0.2, 0) is 12.3 Å². The summed E-state index contributed by atoms with van der Waals surface area (Å²) >= 11 is 1.71. The second-order valence-electron chi connectivity index (χ2n) is 8.77. The smallest absolute Gasteiger partial charge is 0.251 e. The fraction of sp³-hybridized carbons (Fsp3) is 0.296. The summed E-state index contributed by atoms with van der Waals surface area (Å²) in [5.41, 5.74) is 6.40. The number of fused-ring (bicyclic) bond motifs is 1. The van der Waals surface area contributed by atoms with E-state index in [0.717, 1.165) is 46.9 Å². The Labute approximate surface area is 198 Å². The van der Waals surface area contributed by atoms with E-state index in [2.05, 4.69) is 46.1 Å². The molecule has 2 heterocycles. The maximum atomic E-state index is 12.5. The molecule has 1 saturated carbocycles. The Hall–Kier alpha value is -3.12. The first-order valence-corrected chi connectivity index (χ1v) is 12.5. The Bertz CT molecular complexity index is 1260.